The molecule has 2 aromatic carbocycles. The molecule has 0 saturated carbocycles. The van der Waals surface area contributed by atoms with Crippen LogP contribution in [-0.4, -0.2) is 48.8 Å². The summed E-state index contributed by atoms with van der Waals surface area (Å²) in [6.45, 7) is 3.60. The van der Waals surface area contributed by atoms with E-state index in [4.69, 9.17) is 17.0 Å². The van der Waals surface area contributed by atoms with Gasteiger partial charge in [0.25, 0.3) is 0 Å². The van der Waals surface area contributed by atoms with Crippen LogP contribution >= 0.6 is 24.0 Å². The molecule has 0 unspecified atom stereocenters. The Morgan fingerprint density at radius 2 is 1.76 bits per heavy atom. The largest absolute Gasteiger partial charge is 0.418 e. The molecule has 0 aliphatic carbocycles. The zero-order chi connectivity index (χ0) is 27.9. The SMILES string of the molecule is CCCNC(=S)Nc1cccc(Sc2ccc(C=CC(=O)N3CCOCC3)c(C(F)(F)F)c2C(F)(F)F)c1. The minimum absolute atomic E-state index is 0.242. The lowest BCUT2D eigenvalue weighted by Gasteiger charge is -2.25. The minimum Gasteiger partial charge on any atom is -0.378 e. The van der Waals surface area contributed by atoms with Gasteiger partial charge >= 0.3 is 12.4 Å². The zero-order valence-electron chi connectivity index (χ0n) is 20.2. The standard InChI is InChI=1S/C25H25F6N3O2S2/c1-2-10-32-23(37)33-17-4-3-5-18(15-17)38-19-8-6-16(7-9-20(35)34-11-13-36-14-12-34)21(24(26,27)28)22(19)25(29,30)31/h3-9,15H,2,10-14H2,1H3,(H2,32,33,37). The lowest BCUT2D eigenvalue weighted by molar-refractivity contribution is -0.163. The maximum atomic E-state index is 14.1. The quantitative estimate of drug-likeness (QED) is 0.224. The summed E-state index contributed by atoms with van der Waals surface area (Å²) in [4.78, 5) is 13.4. The first-order valence-electron chi connectivity index (χ1n) is 11.6. The van der Waals surface area contributed by atoms with Gasteiger partial charge in [0.05, 0.1) is 24.3 Å². The second-order valence-electron chi connectivity index (χ2n) is 8.18. The lowest BCUT2D eigenvalue weighted by atomic mass is 9.99. The van der Waals surface area contributed by atoms with Crippen LogP contribution in [0.25, 0.3) is 6.08 Å². The molecule has 38 heavy (non-hydrogen) atoms. The molecular formula is C25H25F6N3O2S2. The molecule has 1 aliphatic rings. The number of benzene rings is 2. The van der Waals surface area contributed by atoms with E-state index in [1.807, 2.05) is 6.92 Å². The van der Waals surface area contributed by atoms with Gasteiger partial charge in [-0.15, -0.1) is 0 Å². The molecule has 1 aliphatic heterocycles. The molecule has 1 heterocycles. The normalized spacial score (nSPS) is 14.6. The molecule has 1 fully saturated rings. The van der Waals surface area contributed by atoms with E-state index in [1.165, 1.54) is 17.0 Å². The molecule has 0 bridgehead atoms. The average molecular weight is 578 g/mol. The Bertz CT molecular complexity index is 1180. The van der Waals surface area contributed by atoms with Gasteiger partial charge in [0.15, 0.2) is 5.11 Å². The number of thiocarbonyl (C=S) groups is 1. The molecule has 0 atom stereocenters. The van der Waals surface area contributed by atoms with Crippen molar-refractivity contribution in [2.75, 3.05) is 38.2 Å². The maximum absolute atomic E-state index is 14.1. The summed E-state index contributed by atoms with van der Waals surface area (Å²) in [7, 11) is 0. The molecule has 2 N–H and O–H groups in total. The Kier molecular flexibility index (Phi) is 10.1. The summed E-state index contributed by atoms with van der Waals surface area (Å²) in [5.74, 6) is -0.607. The van der Waals surface area contributed by atoms with Crippen LogP contribution in [-0.2, 0) is 21.9 Å². The van der Waals surface area contributed by atoms with Crippen LogP contribution in [0.1, 0.15) is 30.0 Å². The lowest BCUT2D eigenvalue weighted by Crippen LogP contribution is -2.39. The topological polar surface area (TPSA) is 53.6 Å². The third-order valence-electron chi connectivity index (χ3n) is 5.35. The molecule has 0 radical (unpaired) electrons. The number of alkyl halides is 6. The number of rotatable bonds is 7. The molecule has 2 aromatic rings. The highest BCUT2D eigenvalue weighted by atomic mass is 32.2. The van der Waals surface area contributed by atoms with Crippen molar-refractivity contribution in [2.24, 2.45) is 0 Å². The van der Waals surface area contributed by atoms with E-state index in [9.17, 15) is 31.1 Å². The zero-order valence-corrected chi connectivity index (χ0v) is 21.8. The number of carbonyl (C=O) groups excluding carboxylic acids is 1. The average Bonchev–Trinajstić information content (AvgIpc) is 2.85. The fraction of sp³-hybridized carbons (Fsp3) is 0.360. The number of morpholine rings is 1. The van der Waals surface area contributed by atoms with E-state index < -0.39 is 39.8 Å². The Morgan fingerprint density at radius 1 is 1.08 bits per heavy atom. The summed E-state index contributed by atoms with van der Waals surface area (Å²) >= 11 is 5.71. The van der Waals surface area contributed by atoms with E-state index >= 15 is 0 Å². The van der Waals surface area contributed by atoms with E-state index in [-0.39, 0.29) is 31.2 Å². The summed E-state index contributed by atoms with van der Waals surface area (Å²) in [5, 5.41) is 6.16. The number of amides is 1. The van der Waals surface area contributed by atoms with Crippen molar-refractivity contribution < 1.29 is 35.9 Å². The van der Waals surface area contributed by atoms with E-state index in [2.05, 4.69) is 10.6 Å². The van der Waals surface area contributed by atoms with Gasteiger partial charge in [-0.1, -0.05) is 30.8 Å². The molecule has 0 aromatic heterocycles. The molecule has 1 amide bonds. The van der Waals surface area contributed by atoms with Crippen LogP contribution in [0.5, 0.6) is 0 Å². The molecule has 1 saturated heterocycles. The van der Waals surface area contributed by atoms with E-state index in [0.717, 1.165) is 30.7 Å². The fourth-order valence-electron chi connectivity index (χ4n) is 3.64. The van der Waals surface area contributed by atoms with Gasteiger partial charge in [0.1, 0.15) is 0 Å². The number of hydrogen-bond donors (Lipinski definition) is 2. The van der Waals surface area contributed by atoms with Crippen LogP contribution in [0.2, 0.25) is 0 Å². The third-order valence-corrected chi connectivity index (χ3v) is 6.65. The Morgan fingerprint density at radius 3 is 2.39 bits per heavy atom. The smallest absolute Gasteiger partial charge is 0.378 e. The van der Waals surface area contributed by atoms with Crippen molar-refractivity contribution in [1.82, 2.24) is 10.2 Å². The molecule has 3 rings (SSSR count). The fourth-order valence-corrected chi connectivity index (χ4v) is 4.90. The highest BCUT2D eigenvalue weighted by Crippen LogP contribution is 2.48. The second kappa shape index (κ2) is 12.9. The van der Waals surface area contributed by atoms with Gasteiger partial charge in [-0.05, 0) is 54.5 Å². The molecule has 13 heteroatoms. The van der Waals surface area contributed by atoms with E-state index in [1.54, 1.807) is 12.1 Å². The predicted octanol–water partition coefficient (Wildman–Crippen LogP) is 6.44. The van der Waals surface area contributed by atoms with Gasteiger partial charge in [-0.2, -0.15) is 26.3 Å². The molecule has 0 spiro atoms. The number of carbonyl (C=O) groups is 1. The van der Waals surface area contributed by atoms with Gasteiger partial charge in [-0.3, -0.25) is 4.79 Å². The van der Waals surface area contributed by atoms with Crippen molar-refractivity contribution in [3.63, 3.8) is 0 Å². The van der Waals surface area contributed by atoms with Crippen LogP contribution in [0.3, 0.4) is 0 Å². The number of hydrogen-bond acceptors (Lipinski definition) is 4. The van der Waals surface area contributed by atoms with Crippen LogP contribution < -0.4 is 10.6 Å². The van der Waals surface area contributed by atoms with Gasteiger partial charge in [0, 0.05) is 41.2 Å². The Labute approximate surface area is 225 Å². The monoisotopic (exact) mass is 577 g/mol. The Balaban J connectivity index is 1.97. The van der Waals surface area contributed by atoms with Crippen LogP contribution in [0, 0.1) is 0 Å². The van der Waals surface area contributed by atoms with Crippen LogP contribution in [0.4, 0.5) is 32.0 Å². The number of nitrogens with zero attached hydrogens (tertiary/aromatic N) is 1. The number of anilines is 1. The van der Waals surface area contributed by atoms with Crippen molar-refractivity contribution in [3.8, 4) is 0 Å². The van der Waals surface area contributed by atoms with Crippen molar-refractivity contribution in [2.45, 2.75) is 35.5 Å². The first kappa shape index (κ1) is 29.8. The summed E-state index contributed by atoms with van der Waals surface area (Å²) < 4.78 is 89.7. The molecule has 206 valence electrons. The summed E-state index contributed by atoms with van der Waals surface area (Å²) in [5.41, 5.74) is -3.94. The molecule has 5 nitrogen and oxygen atoms in total. The second-order valence-corrected chi connectivity index (χ2v) is 9.70. The van der Waals surface area contributed by atoms with Crippen molar-refractivity contribution in [1.29, 1.82) is 0 Å². The number of nitrogens with one attached hydrogen (secondary N) is 2. The Hall–Kier alpha value is -2.77. The maximum Gasteiger partial charge on any atom is 0.418 e. The highest BCUT2D eigenvalue weighted by molar-refractivity contribution is 7.99. The number of ether oxygens (including phenoxy) is 1. The summed E-state index contributed by atoms with van der Waals surface area (Å²) in [6, 6.07) is 8.09. The first-order chi connectivity index (χ1) is 17.9. The van der Waals surface area contributed by atoms with Crippen molar-refractivity contribution in [3.05, 3.63) is 59.2 Å². The minimum atomic E-state index is -5.33. The van der Waals surface area contributed by atoms with Gasteiger partial charge in [0.2, 0.25) is 5.91 Å². The third kappa shape index (κ3) is 8.11. The first-order valence-corrected chi connectivity index (χ1v) is 12.8. The van der Waals surface area contributed by atoms with Gasteiger partial charge < -0.3 is 20.3 Å². The highest BCUT2D eigenvalue weighted by Gasteiger charge is 2.46. The number of halogens is 6. The van der Waals surface area contributed by atoms with E-state index in [0.29, 0.717) is 29.1 Å². The van der Waals surface area contributed by atoms with Gasteiger partial charge in [-0.25, -0.2) is 0 Å². The van der Waals surface area contributed by atoms with Crippen LogP contribution in [0.15, 0.2) is 52.3 Å². The molecular weight excluding hydrogens is 552 g/mol. The summed E-state index contributed by atoms with van der Waals surface area (Å²) in [6.07, 6.45) is -8.19. The van der Waals surface area contributed by atoms with Crippen molar-refractivity contribution >= 4 is 46.8 Å². The predicted molar refractivity (Wildman–Crippen MR) is 138 cm³/mol.